The van der Waals surface area contributed by atoms with Crippen LogP contribution in [-0.4, -0.2) is 50.4 Å². The van der Waals surface area contributed by atoms with Crippen molar-refractivity contribution in [3.8, 4) is 11.3 Å². The molecular formula is C31H34FN7O. The molecule has 9 heteroatoms. The van der Waals surface area contributed by atoms with E-state index in [1.165, 1.54) is 0 Å². The number of pyridine rings is 2. The molecule has 0 radical (unpaired) electrons. The first-order valence-electron chi connectivity index (χ1n) is 13.7. The van der Waals surface area contributed by atoms with Gasteiger partial charge in [0.25, 0.3) is 5.91 Å². The van der Waals surface area contributed by atoms with E-state index in [4.69, 9.17) is 0 Å². The molecule has 5 rings (SSSR count). The minimum atomic E-state index is -0.613. The number of likely N-dealkylation sites (tertiary alicyclic amines) is 1. The van der Waals surface area contributed by atoms with E-state index in [-0.39, 0.29) is 11.8 Å². The van der Waals surface area contributed by atoms with Gasteiger partial charge in [-0.3, -0.25) is 14.8 Å². The standard InChI is InChI=1S/C31H34FN7O/c1-3-11-39-12-5-7-24(20-39)25-13-22(17-32)14-26(15-25)30(40)36-27-16-29(21(2)35-19-27)38-31-34-10-8-28(37-31)23-6-4-9-33-18-23/h4,6,8-10,13-16,18-19,24H,3,5,7,11-12,17,20H2,1-2H3,(H,36,40)(H,34,37,38). The lowest BCUT2D eigenvalue weighted by atomic mass is 9.88. The molecule has 8 nitrogen and oxygen atoms in total. The van der Waals surface area contributed by atoms with Crippen molar-refractivity contribution >= 4 is 23.2 Å². The molecule has 1 unspecified atom stereocenters. The van der Waals surface area contributed by atoms with Crippen LogP contribution in [0.15, 0.2) is 67.3 Å². The molecule has 4 heterocycles. The molecule has 1 aromatic carbocycles. The topological polar surface area (TPSA) is 95.9 Å². The Morgan fingerprint density at radius 3 is 2.83 bits per heavy atom. The fraction of sp³-hybridized carbons (Fsp3) is 0.323. The number of benzene rings is 1. The first kappa shape index (κ1) is 27.3. The number of carbonyl (C=O) groups is 1. The Morgan fingerprint density at radius 2 is 2.02 bits per heavy atom. The van der Waals surface area contributed by atoms with Crippen molar-refractivity contribution < 1.29 is 9.18 Å². The molecule has 0 aliphatic carbocycles. The van der Waals surface area contributed by atoms with E-state index in [1.54, 1.807) is 36.9 Å². The summed E-state index contributed by atoms with van der Waals surface area (Å²) in [6, 6.07) is 12.8. The van der Waals surface area contributed by atoms with Crippen LogP contribution in [0.1, 0.15) is 59.3 Å². The van der Waals surface area contributed by atoms with Crippen LogP contribution in [0.25, 0.3) is 11.3 Å². The maximum Gasteiger partial charge on any atom is 0.255 e. The monoisotopic (exact) mass is 539 g/mol. The van der Waals surface area contributed by atoms with Crippen molar-refractivity contribution in [2.75, 3.05) is 30.3 Å². The first-order chi connectivity index (χ1) is 19.5. The van der Waals surface area contributed by atoms with E-state index in [0.717, 1.165) is 61.4 Å². The molecule has 0 bridgehead atoms. The van der Waals surface area contributed by atoms with Crippen molar-refractivity contribution in [2.45, 2.75) is 45.7 Å². The summed E-state index contributed by atoms with van der Waals surface area (Å²) < 4.78 is 13.8. The summed E-state index contributed by atoms with van der Waals surface area (Å²) in [6.45, 7) is 6.52. The Morgan fingerprint density at radius 1 is 1.12 bits per heavy atom. The average molecular weight is 540 g/mol. The average Bonchev–Trinajstić information content (AvgIpc) is 2.99. The van der Waals surface area contributed by atoms with Crippen LogP contribution in [0.3, 0.4) is 0 Å². The second-order valence-electron chi connectivity index (χ2n) is 10.2. The van der Waals surface area contributed by atoms with Crippen molar-refractivity contribution in [3.63, 3.8) is 0 Å². The molecule has 0 spiro atoms. The second-order valence-corrected chi connectivity index (χ2v) is 10.2. The number of halogens is 1. The SMILES string of the molecule is CCCN1CCCC(c2cc(CF)cc(C(=O)Nc3cnc(C)c(Nc4nccc(-c5cccnc5)n4)c3)c2)C1. The zero-order valence-electron chi connectivity index (χ0n) is 22.9. The van der Waals surface area contributed by atoms with E-state index in [2.05, 4.69) is 42.4 Å². The highest BCUT2D eigenvalue weighted by molar-refractivity contribution is 6.04. The molecule has 4 aromatic rings. The lowest BCUT2D eigenvalue weighted by molar-refractivity contribution is 0.102. The highest BCUT2D eigenvalue weighted by Crippen LogP contribution is 2.29. The molecule has 1 aliphatic rings. The second kappa shape index (κ2) is 12.7. The van der Waals surface area contributed by atoms with Crippen LogP contribution in [0.5, 0.6) is 0 Å². The van der Waals surface area contributed by atoms with Crippen LogP contribution in [0.2, 0.25) is 0 Å². The van der Waals surface area contributed by atoms with Crippen molar-refractivity contribution in [3.05, 3.63) is 89.6 Å². The van der Waals surface area contributed by atoms with Gasteiger partial charge < -0.3 is 15.5 Å². The molecule has 1 amide bonds. The summed E-state index contributed by atoms with van der Waals surface area (Å²) in [7, 11) is 0. The summed E-state index contributed by atoms with van der Waals surface area (Å²) in [4.78, 5) is 33.3. The molecule has 1 aliphatic heterocycles. The molecule has 1 atom stereocenters. The van der Waals surface area contributed by atoms with Gasteiger partial charge in [0.15, 0.2) is 0 Å². The van der Waals surface area contributed by atoms with Crippen LogP contribution in [-0.2, 0) is 6.67 Å². The van der Waals surface area contributed by atoms with E-state index < -0.39 is 6.67 Å². The van der Waals surface area contributed by atoms with Crippen molar-refractivity contribution in [1.29, 1.82) is 0 Å². The molecule has 40 heavy (non-hydrogen) atoms. The molecule has 206 valence electrons. The smallest absolute Gasteiger partial charge is 0.255 e. The lowest BCUT2D eigenvalue weighted by Crippen LogP contribution is -2.35. The molecule has 2 N–H and O–H groups in total. The van der Waals surface area contributed by atoms with Crippen molar-refractivity contribution in [2.24, 2.45) is 0 Å². The number of rotatable bonds is 9. The molecule has 3 aromatic heterocycles. The minimum absolute atomic E-state index is 0.289. The molecular weight excluding hydrogens is 505 g/mol. The van der Waals surface area contributed by atoms with Crippen LogP contribution in [0, 0.1) is 6.92 Å². The van der Waals surface area contributed by atoms with Gasteiger partial charge in [0.1, 0.15) is 6.67 Å². The number of piperidine rings is 1. The zero-order valence-corrected chi connectivity index (χ0v) is 22.9. The largest absolute Gasteiger partial charge is 0.322 e. The van der Waals surface area contributed by atoms with Gasteiger partial charge >= 0.3 is 0 Å². The van der Waals surface area contributed by atoms with Gasteiger partial charge in [-0.25, -0.2) is 14.4 Å². The van der Waals surface area contributed by atoms with Gasteiger partial charge in [0, 0.05) is 36.3 Å². The Bertz CT molecular complexity index is 1460. The van der Waals surface area contributed by atoms with Gasteiger partial charge in [-0.05, 0) is 92.7 Å². The lowest BCUT2D eigenvalue weighted by Gasteiger charge is -2.33. The van der Waals surface area contributed by atoms with Gasteiger partial charge in [0.2, 0.25) is 5.95 Å². The number of aromatic nitrogens is 4. The molecule has 1 saturated heterocycles. The Kier molecular flexibility index (Phi) is 8.71. The van der Waals surface area contributed by atoms with Crippen LogP contribution >= 0.6 is 0 Å². The predicted octanol–water partition coefficient (Wildman–Crippen LogP) is 6.30. The first-order valence-corrected chi connectivity index (χ1v) is 13.7. The number of nitrogens with zero attached hydrogens (tertiary/aromatic N) is 5. The van der Waals surface area contributed by atoms with Gasteiger partial charge in [0.05, 0.1) is 29.0 Å². The third-order valence-corrected chi connectivity index (χ3v) is 7.15. The number of hydrogen-bond donors (Lipinski definition) is 2. The Labute approximate surface area is 234 Å². The highest BCUT2D eigenvalue weighted by Gasteiger charge is 2.22. The summed E-state index contributed by atoms with van der Waals surface area (Å²) in [5.41, 5.74) is 5.51. The third kappa shape index (κ3) is 6.66. The summed E-state index contributed by atoms with van der Waals surface area (Å²) >= 11 is 0. The molecule has 1 fully saturated rings. The normalized spacial score (nSPS) is 15.5. The Balaban J connectivity index is 1.33. The number of carbonyl (C=O) groups excluding carboxylic acids is 1. The predicted molar refractivity (Wildman–Crippen MR) is 155 cm³/mol. The maximum absolute atomic E-state index is 13.8. The van der Waals surface area contributed by atoms with Gasteiger partial charge in [-0.1, -0.05) is 13.0 Å². The summed E-state index contributed by atoms with van der Waals surface area (Å²) in [6.07, 6.45) is 9.99. The fourth-order valence-corrected chi connectivity index (χ4v) is 5.15. The van der Waals surface area contributed by atoms with E-state index >= 15 is 0 Å². The third-order valence-electron chi connectivity index (χ3n) is 7.15. The zero-order chi connectivity index (χ0) is 27.9. The minimum Gasteiger partial charge on any atom is -0.322 e. The highest BCUT2D eigenvalue weighted by atomic mass is 19.1. The Hall–Kier alpha value is -4.24. The van der Waals surface area contributed by atoms with Crippen molar-refractivity contribution in [1.82, 2.24) is 24.8 Å². The quantitative estimate of drug-likeness (QED) is 0.258. The maximum atomic E-state index is 13.8. The van der Waals surface area contributed by atoms with Crippen LogP contribution in [0.4, 0.5) is 21.7 Å². The fourth-order valence-electron chi connectivity index (χ4n) is 5.15. The van der Waals surface area contributed by atoms with E-state index in [1.807, 2.05) is 37.3 Å². The number of aryl methyl sites for hydroxylation is 1. The van der Waals surface area contributed by atoms with Crippen LogP contribution < -0.4 is 10.6 Å². The van der Waals surface area contributed by atoms with E-state index in [0.29, 0.717) is 28.5 Å². The van der Waals surface area contributed by atoms with Gasteiger partial charge in [-0.15, -0.1) is 0 Å². The number of nitrogens with one attached hydrogen (secondary N) is 2. The number of amides is 1. The summed E-state index contributed by atoms with van der Waals surface area (Å²) in [5.74, 6) is 0.390. The van der Waals surface area contributed by atoms with E-state index in [9.17, 15) is 9.18 Å². The molecule has 0 saturated carbocycles. The number of alkyl halides is 1. The summed E-state index contributed by atoms with van der Waals surface area (Å²) in [5, 5.41) is 6.15. The van der Waals surface area contributed by atoms with Gasteiger partial charge in [-0.2, -0.15) is 0 Å². The number of hydrogen-bond acceptors (Lipinski definition) is 7. The number of anilines is 3.